The second-order valence-electron chi connectivity index (χ2n) is 4.94. The highest BCUT2D eigenvalue weighted by Gasteiger charge is 2.51. The van der Waals surface area contributed by atoms with Crippen molar-refractivity contribution in [3.8, 4) is 0 Å². The fourth-order valence-electron chi connectivity index (χ4n) is 2.82. The summed E-state index contributed by atoms with van der Waals surface area (Å²) in [6, 6.07) is 0. The summed E-state index contributed by atoms with van der Waals surface area (Å²) < 4.78 is 0. The van der Waals surface area contributed by atoms with E-state index in [1.54, 1.807) is 0 Å². The molecular formula is C11H19NO. The van der Waals surface area contributed by atoms with Crippen molar-refractivity contribution in [2.75, 3.05) is 13.1 Å². The molecule has 2 rings (SSSR count). The van der Waals surface area contributed by atoms with Crippen LogP contribution in [0.25, 0.3) is 0 Å². The molecule has 2 heteroatoms. The van der Waals surface area contributed by atoms with Gasteiger partial charge in [0.05, 0.1) is 0 Å². The molecule has 1 spiro atoms. The van der Waals surface area contributed by atoms with E-state index in [4.69, 9.17) is 0 Å². The Kier molecular flexibility index (Phi) is 2.18. The van der Waals surface area contributed by atoms with E-state index < -0.39 is 0 Å². The number of hydrogen-bond donors (Lipinski definition) is 1. The Morgan fingerprint density at radius 1 is 1.46 bits per heavy atom. The Balaban J connectivity index is 2.05. The highest BCUT2D eigenvalue weighted by atomic mass is 16.1. The normalized spacial score (nSPS) is 38.2. The Bertz CT molecular complexity index is 216. The SMILES string of the molecule is CC(C)C(=O)C1CCC12CCNC2. The molecule has 2 aliphatic rings. The summed E-state index contributed by atoms with van der Waals surface area (Å²) in [4.78, 5) is 11.9. The lowest BCUT2D eigenvalue weighted by Crippen LogP contribution is -2.47. The zero-order chi connectivity index (χ0) is 9.47. The first-order valence-corrected chi connectivity index (χ1v) is 5.40. The number of carbonyl (C=O) groups excluding carboxylic acids is 1. The van der Waals surface area contributed by atoms with Crippen molar-refractivity contribution < 1.29 is 4.79 Å². The van der Waals surface area contributed by atoms with E-state index in [0.717, 1.165) is 19.5 Å². The van der Waals surface area contributed by atoms with Gasteiger partial charge >= 0.3 is 0 Å². The molecule has 13 heavy (non-hydrogen) atoms. The number of rotatable bonds is 2. The van der Waals surface area contributed by atoms with Gasteiger partial charge in [-0.1, -0.05) is 13.8 Å². The summed E-state index contributed by atoms with van der Waals surface area (Å²) in [5, 5.41) is 3.39. The Morgan fingerprint density at radius 3 is 2.62 bits per heavy atom. The van der Waals surface area contributed by atoms with E-state index >= 15 is 0 Å². The van der Waals surface area contributed by atoms with E-state index in [1.165, 1.54) is 12.8 Å². The molecule has 0 bridgehead atoms. The van der Waals surface area contributed by atoms with Crippen molar-refractivity contribution in [3.63, 3.8) is 0 Å². The monoisotopic (exact) mass is 181 g/mol. The molecule has 1 saturated heterocycles. The third-order valence-corrected chi connectivity index (χ3v) is 3.86. The fraction of sp³-hybridized carbons (Fsp3) is 0.909. The van der Waals surface area contributed by atoms with E-state index in [-0.39, 0.29) is 5.92 Å². The van der Waals surface area contributed by atoms with Gasteiger partial charge < -0.3 is 5.32 Å². The van der Waals surface area contributed by atoms with Crippen molar-refractivity contribution >= 4 is 5.78 Å². The lowest BCUT2D eigenvalue weighted by atomic mass is 9.57. The zero-order valence-electron chi connectivity index (χ0n) is 8.60. The van der Waals surface area contributed by atoms with Crippen LogP contribution < -0.4 is 5.32 Å². The number of hydrogen-bond acceptors (Lipinski definition) is 2. The molecule has 1 N–H and O–H groups in total. The molecular weight excluding hydrogens is 162 g/mol. The summed E-state index contributed by atoms with van der Waals surface area (Å²) in [7, 11) is 0. The minimum atomic E-state index is 0.225. The van der Waals surface area contributed by atoms with Crippen LogP contribution in [0.3, 0.4) is 0 Å². The standard InChI is InChI=1S/C11H19NO/c1-8(2)10(13)9-3-4-11(9)5-6-12-7-11/h8-9,12H,3-7H2,1-2H3. The quantitative estimate of drug-likeness (QED) is 0.701. The molecule has 2 unspecified atom stereocenters. The molecule has 1 heterocycles. The molecule has 1 aliphatic heterocycles. The van der Waals surface area contributed by atoms with Gasteiger partial charge in [-0.15, -0.1) is 0 Å². The molecule has 2 atom stereocenters. The molecule has 2 fully saturated rings. The van der Waals surface area contributed by atoms with Crippen LogP contribution >= 0.6 is 0 Å². The van der Waals surface area contributed by atoms with Gasteiger partial charge in [0.2, 0.25) is 0 Å². The van der Waals surface area contributed by atoms with Gasteiger partial charge in [-0.2, -0.15) is 0 Å². The van der Waals surface area contributed by atoms with Gasteiger partial charge in [-0.25, -0.2) is 0 Å². The van der Waals surface area contributed by atoms with Gasteiger partial charge in [-0.05, 0) is 31.2 Å². The lowest BCUT2D eigenvalue weighted by molar-refractivity contribution is -0.136. The van der Waals surface area contributed by atoms with Crippen LogP contribution in [-0.4, -0.2) is 18.9 Å². The van der Waals surface area contributed by atoms with Crippen LogP contribution in [0.4, 0.5) is 0 Å². The van der Waals surface area contributed by atoms with Gasteiger partial charge in [0.15, 0.2) is 0 Å². The Hall–Kier alpha value is -0.370. The second kappa shape index (κ2) is 3.09. The van der Waals surface area contributed by atoms with Crippen molar-refractivity contribution in [1.82, 2.24) is 5.32 Å². The summed E-state index contributed by atoms with van der Waals surface area (Å²) in [5.41, 5.74) is 0.376. The van der Waals surface area contributed by atoms with Crippen molar-refractivity contribution in [2.45, 2.75) is 33.1 Å². The van der Waals surface area contributed by atoms with Gasteiger partial charge in [-0.3, -0.25) is 4.79 Å². The molecule has 1 aliphatic carbocycles. The molecule has 0 aromatic heterocycles. The summed E-state index contributed by atoms with van der Waals surface area (Å²) in [6.07, 6.45) is 3.62. The minimum absolute atomic E-state index is 0.225. The predicted molar refractivity (Wildman–Crippen MR) is 52.5 cm³/mol. The van der Waals surface area contributed by atoms with Crippen molar-refractivity contribution in [3.05, 3.63) is 0 Å². The minimum Gasteiger partial charge on any atom is -0.316 e. The maximum absolute atomic E-state index is 11.9. The maximum Gasteiger partial charge on any atom is 0.139 e. The zero-order valence-corrected chi connectivity index (χ0v) is 8.60. The fourth-order valence-corrected chi connectivity index (χ4v) is 2.82. The third-order valence-electron chi connectivity index (χ3n) is 3.86. The van der Waals surface area contributed by atoms with Crippen molar-refractivity contribution in [1.29, 1.82) is 0 Å². The van der Waals surface area contributed by atoms with Gasteiger partial charge in [0.25, 0.3) is 0 Å². The number of nitrogens with one attached hydrogen (secondary N) is 1. The molecule has 0 amide bonds. The van der Waals surface area contributed by atoms with Crippen molar-refractivity contribution in [2.24, 2.45) is 17.3 Å². The van der Waals surface area contributed by atoms with Crippen LogP contribution in [-0.2, 0) is 4.79 Å². The second-order valence-corrected chi connectivity index (χ2v) is 4.94. The molecule has 2 nitrogen and oxygen atoms in total. The summed E-state index contributed by atoms with van der Waals surface area (Å²) in [5.74, 6) is 1.10. The summed E-state index contributed by atoms with van der Waals surface area (Å²) in [6.45, 7) is 6.24. The molecule has 0 radical (unpaired) electrons. The number of ketones is 1. The van der Waals surface area contributed by atoms with Crippen LogP contribution in [0.5, 0.6) is 0 Å². The van der Waals surface area contributed by atoms with Gasteiger partial charge in [0.1, 0.15) is 5.78 Å². The van der Waals surface area contributed by atoms with Crippen LogP contribution in [0.1, 0.15) is 33.1 Å². The molecule has 0 aromatic rings. The van der Waals surface area contributed by atoms with E-state index in [1.807, 2.05) is 13.8 Å². The highest BCUT2D eigenvalue weighted by Crippen LogP contribution is 2.51. The Morgan fingerprint density at radius 2 is 2.23 bits per heavy atom. The highest BCUT2D eigenvalue weighted by molar-refractivity contribution is 5.84. The first-order chi connectivity index (χ1) is 6.16. The number of Topliss-reactive ketones (excluding diaryl/α,β-unsaturated/α-hetero) is 1. The lowest BCUT2D eigenvalue weighted by Gasteiger charge is -2.46. The van der Waals surface area contributed by atoms with E-state index in [9.17, 15) is 4.79 Å². The third kappa shape index (κ3) is 1.32. The average Bonchev–Trinajstić information content (AvgIpc) is 2.52. The molecule has 74 valence electrons. The maximum atomic E-state index is 11.9. The molecule has 0 aromatic carbocycles. The first-order valence-electron chi connectivity index (χ1n) is 5.40. The van der Waals surface area contributed by atoms with Crippen LogP contribution in [0.2, 0.25) is 0 Å². The number of carbonyl (C=O) groups is 1. The van der Waals surface area contributed by atoms with E-state index in [0.29, 0.717) is 17.1 Å². The van der Waals surface area contributed by atoms with Crippen LogP contribution in [0.15, 0.2) is 0 Å². The smallest absolute Gasteiger partial charge is 0.139 e. The topological polar surface area (TPSA) is 29.1 Å². The first kappa shape index (κ1) is 9.20. The summed E-state index contributed by atoms with van der Waals surface area (Å²) >= 11 is 0. The van der Waals surface area contributed by atoms with E-state index in [2.05, 4.69) is 5.32 Å². The average molecular weight is 181 g/mol. The van der Waals surface area contributed by atoms with Crippen LogP contribution in [0, 0.1) is 17.3 Å². The largest absolute Gasteiger partial charge is 0.316 e. The predicted octanol–water partition coefficient (Wildman–Crippen LogP) is 1.60. The Labute approximate surface area is 80.1 Å². The van der Waals surface area contributed by atoms with Gasteiger partial charge in [0, 0.05) is 18.4 Å². The molecule has 1 saturated carbocycles.